The summed E-state index contributed by atoms with van der Waals surface area (Å²) < 4.78 is 26.3. The van der Waals surface area contributed by atoms with Crippen LogP contribution >= 0.6 is 11.6 Å². The topological polar surface area (TPSA) is 92.5 Å². The fourth-order valence-corrected chi connectivity index (χ4v) is 3.86. The van der Waals surface area contributed by atoms with Crippen molar-refractivity contribution in [3.63, 3.8) is 0 Å². The van der Waals surface area contributed by atoms with Gasteiger partial charge in [-0.1, -0.05) is 24.6 Å². The van der Waals surface area contributed by atoms with E-state index in [-0.39, 0.29) is 40.6 Å². The standard InChI is InChI=1S/C13H20ClN3O3S/c1-4-17(8-12(18)16-9(2)3)21(19,20)13-10(14)6-5-7-11(13)15/h5-7,9H,4,8,15H2,1-3H3,(H,16,18). The van der Waals surface area contributed by atoms with Crippen LogP contribution in [0, 0.1) is 0 Å². The highest BCUT2D eigenvalue weighted by atomic mass is 35.5. The zero-order valence-electron chi connectivity index (χ0n) is 12.3. The first-order valence-electron chi connectivity index (χ1n) is 6.53. The molecule has 0 saturated carbocycles. The molecule has 1 aromatic carbocycles. The number of carbonyl (C=O) groups is 1. The van der Waals surface area contributed by atoms with E-state index in [1.165, 1.54) is 12.1 Å². The minimum absolute atomic E-state index is 0.0396. The second-order valence-electron chi connectivity index (χ2n) is 4.81. The Bertz CT molecular complexity index is 597. The van der Waals surface area contributed by atoms with Gasteiger partial charge in [-0.3, -0.25) is 4.79 Å². The number of nitrogens with one attached hydrogen (secondary N) is 1. The molecule has 0 spiro atoms. The van der Waals surface area contributed by atoms with Crippen molar-refractivity contribution in [1.82, 2.24) is 9.62 Å². The largest absolute Gasteiger partial charge is 0.398 e. The number of amides is 1. The van der Waals surface area contributed by atoms with Crippen LogP contribution < -0.4 is 11.1 Å². The van der Waals surface area contributed by atoms with E-state index >= 15 is 0 Å². The average Bonchev–Trinajstić information content (AvgIpc) is 2.34. The smallest absolute Gasteiger partial charge is 0.247 e. The highest BCUT2D eigenvalue weighted by Gasteiger charge is 2.29. The van der Waals surface area contributed by atoms with Crippen molar-refractivity contribution in [2.75, 3.05) is 18.8 Å². The number of nitrogen functional groups attached to an aromatic ring is 1. The Balaban J connectivity index is 3.12. The Kier molecular flexibility index (Phi) is 6.00. The maximum atomic E-state index is 12.6. The number of rotatable bonds is 6. The molecule has 0 unspecified atom stereocenters. The Hall–Kier alpha value is -1.31. The monoisotopic (exact) mass is 333 g/mol. The summed E-state index contributed by atoms with van der Waals surface area (Å²) in [6.07, 6.45) is 0. The van der Waals surface area contributed by atoms with Crippen molar-refractivity contribution in [2.45, 2.75) is 31.7 Å². The van der Waals surface area contributed by atoms with Gasteiger partial charge in [-0.2, -0.15) is 4.31 Å². The summed E-state index contributed by atoms with van der Waals surface area (Å²) >= 11 is 5.95. The molecule has 0 aromatic heterocycles. The number of sulfonamides is 1. The predicted molar refractivity (Wildman–Crippen MR) is 83.6 cm³/mol. The van der Waals surface area contributed by atoms with Crippen LogP contribution in [-0.2, 0) is 14.8 Å². The Morgan fingerprint density at radius 3 is 2.52 bits per heavy atom. The van der Waals surface area contributed by atoms with E-state index in [2.05, 4.69) is 5.32 Å². The zero-order valence-corrected chi connectivity index (χ0v) is 13.8. The Morgan fingerprint density at radius 2 is 2.05 bits per heavy atom. The maximum absolute atomic E-state index is 12.6. The van der Waals surface area contributed by atoms with E-state index in [0.29, 0.717) is 0 Å². The van der Waals surface area contributed by atoms with Gasteiger partial charge in [0, 0.05) is 12.6 Å². The van der Waals surface area contributed by atoms with Gasteiger partial charge in [0.1, 0.15) is 4.90 Å². The zero-order chi connectivity index (χ0) is 16.2. The fourth-order valence-electron chi connectivity index (χ4n) is 1.82. The van der Waals surface area contributed by atoms with Crippen LogP contribution in [0.15, 0.2) is 23.1 Å². The van der Waals surface area contributed by atoms with Crippen LogP contribution in [-0.4, -0.2) is 37.8 Å². The third-order valence-corrected chi connectivity index (χ3v) is 5.18. The van der Waals surface area contributed by atoms with Gasteiger partial charge >= 0.3 is 0 Å². The van der Waals surface area contributed by atoms with E-state index < -0.39 is 10.0 Å². The van der Waals surface area contributed by atoms with E-state index in [9.17, 15) is 13.2 Å². The van der Waals surface area contributed by atoms with Crippen molar-refractivity contribution in [3.05, 3.63) is 23.2 Å². The van der Waals surface area contributed by atoms with Gasteiger partial charge in [-0.25, -0.2) is 8.42 Å². The molecule has 0 aliphatic carbocycles. The van der Waals surface area contributed by atoms with Gasteiger partial charge in [0.05, 0.1) is 17.3 Å². The molecule has 1 amide bonds. The number of nitrogens with zero attached hydrogens (tertiary/aromatic N) is 1. The molecule has 3 N–H and O–H groups in total. The molecular formula is C13H20ClN3O3S. The molecular weight excluding hydrogens is 314 g/mol. The summed E-state index contributed by atoms with van der Waals surface area (Å²) in [5.74, 6) is -0.374. The molecule has 1 aromatic rings. The number of anilines is 1. The second kappa shape index (κ2) is 7.11. The SMILES string of the molecule is CCN(CC(=O)NC(C)C)S(=O)(=O)c1c(N)cccc1Cl. The lowest BCUT2D eigenvalue weighted by atomic mass is 10.3. The van der Waals surface area contributed by atoms with E-state index in [1.54, 1.807) is 26.8 Å². The number of hydrogen-bond donors (Lipinski definition) is 2. The van der Waals surface area contributed by atoms with Crippen molar-refractivity contribution < 1.29 is 13.2 Å². The number of halogens is 1. The van der Waals surface area contributed by atoms with Crippen LogP contribution in [0.2, 0.25) is 5.02 Å². The molecule has 0 aliphatic heterocycles. The summed E-state index contributed by atoms with van der Waals surface area (Å²) in [6.45, 7) is 5.11. The van der Waals surface area contributed by atoms with Gasteiger partial charge in [0.25, 0.3) is 0 Å². The first kappa shape index (κ1) is 17.7. The number of benzene rings is 1. The van der Waals surface area contributed by atoms with Crippen LogP contribution in [0.4, 0.5) is 5.69 Å². The van der Waals surface area contributed by atoms with Gasteiger partial charge in [0.2, 0.25) is 15.9 Å². The average molecular weight is 334 g/mol. The molecule has 8 heteroatoms. The Morgan fingerprint density at radius 1 is 1.43 bits per heavy atom. The van der Waals surface area contributed by atoms with Gasteiger partial charge in [-0.15, -0.1) is 0 Å². The van der Waals surface area contributed by atoms with Crippen molar-refractivity contribution in [2.24, 2.45) is 0 Å². The molecule has 0 fully saturated rings. The van der Waals surface area contributed by atoms with Crippen molar-refractivity contribution in [3.8, 4) is 0 Å². The lowest BCUT2D eigenvalue weighted by Crippen LogP contribution is -2.42. The van der Waals surface area contributed by atoms with Crippen LogP contribution in [0.3, 0.4) is 0 Å². The van der Waals surface area contributed by atoms with Gasteiger partial charge in [0.15, 0.2) is 0 Å². The minimum atomic E-state index is -3.93. The first-order chi connectivity index (χ1) is 9.70. The molecule has 0 bridgehead atoms. The lowest BCUT2D eigenvalue weighted by Gasteiger charge is -2.22. The predicted octanol–water partition coefficient (Wildman–Crippen LogP) is 1.46. The van der Waals surface area contributed by atoms with E-state index in [1.807, 2.05) is 0 Å². The summed E-state index contributed by atoms with van der Waals surface area (Å²) in [5, 5.41) is 2.69. The third kappa shape index (κ3) is 4.33. The number of nitrogens with two attached hydrogens (primary N) is 1. The summed E-state index contributed by atoms with van der Waals surface area (Å²) in [7, 11) is -3.93. The summed E-state index contributed by atoms with van der Waals surface area (Å²) in [6, 6.07) is 4.41. The quantitative estimate of drug-likeness (QED) is 0.771. The molecule has 21 heavy (non-hydrogen) atoms. The van der Waals surface area contributed by atoms with Crippen LogP contribution in [0.25, 0.3) is 0 Å². The Labute approximate surface area is 130 Å². The van der Waals surface area contributed by atoms with Crippen LogP contribution in [0.1, 0.15) is 20.8 Å². The molecule has 0 saturated heterocycles. The molecule has 0 aliphatic rings. The third-order valence-electron chi connectivity index (χ3n) is 2.72. The highest BCUT2D eigenvalue weighted by molar-refractivity contribution is 7.89. The lowest BCUT2D eigenvalue weighted by molar-refractivity contribution is -0.121. The molecule has 1 rings (SSSR count). The molecule has 0 atom stereocenters. The number of likely N-dealkylation sites (N-methyl/N-ethyl adjacent to an activating group) is 1. The highest BCUT2D eigenvalue weighted by Crippen LogP contribution is 2.29. The van der Waals surface area contributed by atoms with Crippen molar-refractivity contribution in [1.29, 1.82) is 0 Å². The molecule has 0 radical (unpaired) electrons. The second-order valence-corrected chi connectivity index (χ2v) is 7.09. The fraction of sp³-hybridized carbons (Fsp3) is 0.462. The first-order valence-corrected chi connectivity index (χ1v) is 8.35. The molecule has 0 heterocycles. The van der Waals surface area contributed by atoms with E-state index in [0.717, 1.165) is 4.31 Å². The van der Waals surface area contributed by atoms with Gasteiger partial charge in [-0.05, 0) is 26.0 Å². The summed E-state index contributed by atoms with van der Waals surface area (Å²) in [4.78, 5) is 11.6. The van der Waals surface area contributed by atoms with Crippen molar-refractivity contribution >= 4 is 33.2 Å². The minimum Gasteiger partial charge on any atom is -0.398 e. The number of hydrogen-bond acceptors (Lipinski definition) is 4. The summed E-state index contributed by atoms with van der Waals surface area (Å²) in [5.41, 5.74) is 5.78. The maximum Gasteiger partial charge on any atom is 0.247 e. The molecule has 6 nitrogen and oxygen atoms in total. The molecule has 118 valence electrons. The normalized spacial score (nSPS) is 11.9. The van der Waals surface area contributed by atoms with Gasteiger partial charge < -0.3 is 11.1 Å². The van der Waals surface area contributed by atoms with Crippen LogP contribution in [0.5, 0.6) is 0 Å². The van der Waals surface area contributed by atoms with E-state index in [4.69, 9.17) is 17.3 Å². The number of carbonyl (C=O) groups excluding carboxylic acids is 1.